The van der Waals surface area contributed by atoms with Crippen LogP contribution in [0.5, 0.6) is 0 Å². The van der Waals surface area contributed by atoms with Crippen LogP contribution in [0.25, 0.3) is 0 Å². The normalized spacial score (nSPS) is 15.8. The molecular weight excluding hydrogens is 385 g/mol. The van der Waals surface area contributed by atoms with Crippen LogP contribution in [0.3, 0.4) is 0 Å². The zero-order valence-electron chi connectivity index (χ0n) is 18.8. The predicted octanol–water partition coefficient (Wildman–Crippen LogP) is 2.10. The van der Waals surface area contributed by atoms with E-state index in [4.69, 9.17) is 0 Å². The van der Waals surface area contributed by atoms with Gasteiger partial charge in [-0.25, -0.2) is 9.38 Å². The van der Waals surface area contributed by atoms with E-state index in [0.29, 0.717) is 50.7 Å². The number of hydrogen-bond acceptors (Lipinski definition) is 4. The van der Waals surface area contributed by atoms with Gasteiger partial charge in [0, 0.05) is 32.2 Å². The minimum absolute atomic E-state index is 0.0855. The van der Waals surface area contributed by atoms with Gasteiger partial charge in [0.25, 0.3) is 0 Å². The zero-order chi connectivity index (χ0) is 22.3. The highest BCUT2D eigenvalue weighted by Crippen LogP contribution is 2.24. The molecule has 0 radical (unpaired) electrons. The van der Waals surface area contributed by atoms with Crippen molar-refractivity contribution in [1.82, 2.24) is 15.5 Å². The SMILES string of the molecule is CCNC(=NCc1ccc(N2CCC(O)CC2)c(F)c1)N(C)CC(=O)NC(C)(C)C. The average Bonchev–Trinajstić information content (AvgIpc) is 2.64. The molecule has 8 heteroatoms. The molecule has 3 N–H and O–H groups in total. The summed E-state index contributed by atoms with van der Waals surface area (Å²) < 4.78 is 14.7. The number of aliphatic hydroxyl groups excluding tert-OH is 1. The monoisotopic (exact) mass is 421 g/mol. The number of aliphatic hydroxyl groups is 1. The van der Waals surface area contributed by atoms with Gasteiger partial charge in [0.1, 0.15) is 5.82 Å². The van der Waals surface area contributed by atoms with Gasteiger partial charge < -0.3 is 25.5 Å². The average molecular weight is 422 g/mol. The van der Waals surface area contributed by atoms with E-state index >= 15 is 0 Å². The third-order valence-corrected chi connectivity index (χ3v) is 4.82. The first-order valence-electron chi connectivity index (χ1n) is 10.6. The fraction of sp³-hybridized carbons (Fsp3) is 0.636. The molecule has 0 unspecified atom stereocenters. The Morgan fingerprint density at radius 2 is 2.00 bits per heavy atom. The second-order valence-electron chi connectivity index (χ2n) is 8.83. The molecule has 0 aromatic heterocycles. The molecule has 1 heterocycles. The third kappa shape index (κ3) is 7.48. The Labute approximate surface area is 179 Å². The van der Waals surface area contributed by atoms with Crippen molar-refractivity contribution in [2.75, 3.05) is 38.1 Å². The molecule has 1 saturated heterocycles. The summed E-state index contributed by atoms with van der Waals surface area (Å²) in [7, 11) is 1.80. The molecule has 168 valence electrons. The van der Waals surface area contributed by atoms with Crippen LogP contribution < -0.4 is 15.5 Å². The van der Waals surface area contributed by atoms with Crippen molar-refractivity contribution < 1.29 is 14.3 Å². The molecule has 2 rings (SSSR count). The Hall–Kier alpha value is -2.35. The smallest absolute Gasteiger partial charge is 0.240 e. The molecule has 0 saturated carbocycles. The lowest BCUT2D eigenvalue weighted by atomic mass is 10.1. The number of anilines is 1. The maximum atomic E-state index is 14.7. The fourth-order valence-electron chi connectivity index (χ4n) is 3.40. The first-order valence-corrected chi connectivity index (χ1v) is 10.6. The molecule has 1 fully saturated rings. The van der Waals surface area contributed by atoms with Gasteiger partial charge in [-0.05, 0) is 58.2 Å². The Morgan fingerprint density at radius 3 is 2.57 bits per heavy atom. The summed E-state index contributed by atoms with van der Waals surface area (Å²) >= 11 is 0. The topological polar surface area (TPSA) is 80.2 Å². The number of rotatable bonds is 6. The molecule has 0 aliphatic carbocycles. The number of carbonyl (C=O) groups excluding carboxylic acids is 1. The molecule has 1 aliphatic heterocycles. The van der Waals surface area contributed by atoms with Crippen LogP contribution in [0.2, 0.25) is 0 Å². The third-order valence-electron chi connectivity index (χ3n) is 4.82. The minimum Gasteiger partial charge on any atom is -0.393 e. The van der Waals surface area contributed by atoms with Crippen molar-refractivity contribution in [3.8, 4) is 0 Å². The van der Waals surface area contributed by atoms with Gasteiger partial charge in [-0.1, -0.05) is 6.07 Å². The van der Waals surface area contributed by atoms with Gasteiger partial charge in [-0.3, -0.25) is 4.79 Å². The predicted molar refractivity (Wildman–Crippen MR) is 119 cm³/mol. The number of benzene rings is 1. The molecule has 0 atom stereocenters. The lowest BCUT2D eigenvalue weighted by Gasteiger charge is -2.31. The van der Waals surface area contributed by atoms with Gasteiger partial charge >= 0.3 is 0 Å². The summed E-state index contributed by atoms with van der Waals surface area (Å²) in [5, 5.41) is 15.7. The quantitative estimate of drug-likeness (QED) is 0.484. The van der Waals surface area contributed by atoms with Crippen molar-refractivity contribution in [2.45, 2.75) is 58.7 Å². The number of aliphatic imine (C=N–C) groups is 1. The van der Waals surface area contributed by atoms with Crippen molar-refractivity contribution in [2.24, 2.45) is 4.99 Å². The van der Waals surface area contributed by atoms with E-state index in [1.165, 1.54) is 6.07 Å². The lowest BCUT2D eigenvalue weighted by molar-refractivity contribution is -0.122. The van der Waals surface area contributed by atoms with Crippen molar-refractivity contribution in [3.05, 3.63) is 29.6 Å². The summed E-state index contributed by atoms with van der Waals surface area (Å²) in [4.78, 5) is 20.5. The van der Waals surface area contributed by atoms with E-state index in [9.17, 15) is 14.3 Å². The van der Waals surface area contributed by atoms with Crippen molar-refractivity contribution in [1.29, 1.82) is 0 Å². The summed E-state index contributed by atoms with van der Waals surface area (Å²) in [5.74, 6) is 0.232. The van der Waals surface area contributed by atoms with Gasteiger partial charge in [0.15, 0.2) is 5.96 Å². The highest BCUT2D eigenvalue weighted by Gasteiger charge is 2.20. The van der Waals surface area contributed by atoms with Gasteiger partial charge in [0.05, 0.1) is 24.9 Å². The van der Waals surface area contributed by atoms with E-state index in [2.05, 4.69) is 15.6 Å². The summed E-state index contributed by atoms with van der Waals surface area (Å²) in [5.41, 5.74) is 1.04. The number of nitrogens with zero attached hydrogens (tertiary/aromatic N) is 3. The number of halogens is 1. The molecule has 30 heavy (non-hydrogen) atoms. The van der Waals surface area contributed by atoms with Crippen LogP contribution in [0.4, 0.5) is 10.1 Å². The van der Waals surface area contributed by atoms with Crippen LogP contribution in [-0.4, -0.2) is 66.7 Å². The standard InChI is InChI=1S/C22H36FN5O2/c1-6-24-21(27(5)15-20(30)26-22(2,3)4)25-14-16-7-8-19(18(23)13-16)28-11-9-17(29)10-12-28/h7-8,13,17,29H,6,9-12,14-15H2,1-5H3,(H,24,25)(H,26,30). The molecule has 7 nitrogen and oxygen atoms in total. The summed E-state index contributed by atoms with van der Waals surface area (Å²) in [6, 6.07) is 5.17. The number of piperidine rings is 1. The number of likely N-dealkylation sites (N-methyl/N-ethyl adjacent to an activating group) is 1. The number of amides is 1. The van der Waals surface area contributed by atoms with Gasteiger partial charge in [-0.2, -0.15) is 0 Å². The van der Waals surface area contributed by atoms with Crippen LogP contribution in [0, 0.1) is 5.82 Å². The van der Waals surface area contributed by atoms with E-state index in [0.717, 1.165) is 5.56 Å². The highest BCUT2D eigenvalue weighted by molar-refractivity contribution is 5.86. The van der Waals surface area contributed by atoms with E-state index in [1.807, 2.05) is 38.7 Å². The molecule has 1 amide bonds. The second-order valence-corrected chi connectivity index (χ2v) is 8.83. The Bertz CT molecular complexity index is 740. The number of nitrogens with one attached hydrogen (secondary N) is 2. The molecular formula is C22H36FN5O2. The number of guanidine groups is 1. The second kappa shape index (κ2) is 10.6. The summed E-state index contributed by atoms with van der Waals surface area (Å²) in [6.07, 6.45) is 1.03. The molecule has 1 aliphatic rings. The largest absolute Gasteiger partial charge is 0.393 e. The Kier molecular flexibility index (Phi) is 8.46. The Morgan fingerprint density at radius 1 is 1.33 bits per heavy atom. The van der Waals surface area contributed by atoms with Gasteiger partial charge in [0.2, 0.25) is 5.91 Å². The maximum Gasteiger partial charge on any atom is 0.240 e. The molecule has 1 aromatic rings. The van der Waals surface area contributed by atoms with E-state index in [-0.39, 0.29) is 29.9 Å². The van der Waals surface area contributed by atoms with Crippen LogP contribution in [0.1, 0.15) is 46.1 Å². The van der Waals surface area contributed by atoms with Crippen molar-refractivity contribution in [3.63, 3.8) is 0 Å². The fourth-order valence-corrected chi connectivity index (χ4v) is 3.40. The van der Waals surface area contributed by atoms with Crippen molar-refractivity contribution >= 4 is 17.6 Å². The van der Waals surface area contributed by atoms with Crippen LogP contribution in [0.15, 0.2) is 23.2 Å². The first-order chi connectivity index (χ1) is 14.1. The molecule has 1 aromatic carbocycles. The van der Waals surface area contributed by atoms with Gasteiger partial charge in [-0.15, -0.1) is 0 Å². The zero-order valence-corrected chi connectivity index (χ0v) is 18.8. The number of carbonyl (C=O) groups is 1. The Balaban J connectivity index is 2.03. The molecule has 0 spiro atoms. The first kappa shape index (κ1) is 23.9. The lowest BCUT2D eigenvalue weighted by Crippen LogP contribution is -2.48. The maximum absolute atomic E-state index is 14.7. The number of hydrogen-bond donors (Lipinski definition) is 3. The van der Waals surface area contributed by atoms with E-state index in [1.54, 1.807) is 18.0 Å². The minimum atomic E-state index is -0.293. The van der Waals surface area contributed by atoms with Crippen LogP contribution in [-0.2, 0) is 11.3 Å². The van der Waals surface area contributed by atoms with Crippen LogP contribution >= 0.6 is 0 Å². The van der Waals surface area contributed by atoms with E-state index < -0.39 is 0 Å². The highest BCUT2D eigenvalue weighted by atomic mass is 19.1. The molecule has 0 bridgehead atoms. The summed E-state index contributed by atoms with van der Waals surface area (Å²) in [6.45, 7) is 10.2.